The number of nitrogens with two attached hydrogens (primary N) is 1. The van der Waals surface area contributed by atoms with Gasteiger partial charge >= 0.3 is 0 Å². The van der Waals surface area contributed by atoms with E-state index in [1.807, 2.05) is 25.1 Å². The number of carbonyl (C=O) groups excluding carboxylic acids is 2. The van der Waals surface area contributed by atoms with Crippen molar-refractivity contribution in [2.24, 2.45) is 5.73 Å². The molecule has 2 amide bonds. The van der Waals surface area contributed by atoms with Gasteiger partial charge in [-0.3, -0.25) is 9.59 Å². The second kappa shape index (κ2) is 11.0. The first-order valence-corrected chi connectivity index (χ1v) is 9.97. The normalized spacial score (nSPS) is 11.9. The van der Waals surface area contributed by atoms with Crippen LogP contribution in [0.3, 0.4) is 0 Å². The number of hydrogen-bond acceptors (Lipinski definition) is 4. The van der Waals surface area contributed by atoms with Crippen LogP contribution in [0.4, 0.5) is 0 Å². The molecule has 0 heterocycles. The molecular formula is C24H30N2O4. The highest BCUT2D eigenvalue weighted by Gasteiger charge is 2.21. The van der Waals surface area contributed by atoms with Crippen molar-refractivity contribution in [3.63, 3.8) is 0 Å². The Morgan fingerprint density at radius 3 is 2.30 bits per heavy atom. The van der Waals surface area contributed by atoms with Crippen LogP contribution >= 0.6 is 0 Å². The third-order valence-electron chi connectivity index (χ3n) is 4.90. The van der Waals surface area contributed by atoms with E-state index in [2.05, 4.69) is 19.1 Å². The van der Waals surface area contributed by atoms with Crippen molar-refractivity contribution in [3.8, 4) is 11.5 Å². The second-order valence-corrected chi connectivity index (χ2v) is 7.05. The Balaban J connectivity index is 2.22. The number of primary amides is 1. The number of benzene rings is 2. The molecule has 0 unspecified atom stereocenters. The molecule has 6 heteroatoms. The largest absolute Gasteiger partial charge is 0.493 e. The maximum Gasteiger partial charge on any atom is 0.247 e. The third-order valence-corrected chi connectivity index (χ3v) is 4.90. The average molecular weight is 411 g/mol. The van der Waals surface area contributed by atoms with E-state index in [9.17, 15) is 9.59 Å². The van der Waals surface area contributed by atoms with Gasteiger partial charge in [0.2, 0.25) is 11.8 Å². The van der Waals surface area contributed by atoms with Gasteiger partial charge in [0.1, 0.15) is 6.54 Å². The molecular weight excluding hydrogens is 380 g/mol. The minimum atomic E-state index is -0.558. The standard InChI is InChI=1S/C24H30N2O4/c1-5-6-18-7-11-20(12-8-18)17(2)26(16-23(25)27)24(28)14-10-19-9-13-21(29-3)22(15-19)30-4/h7-15,17H,5-6,16H2,1-4H3,(H2,25,27)/b14-10-/t17-/m1/s1. The summed E-state index contributed by atoms with van der Waals surface area (Å²) in [4.78, 5) is 25.9. The van der Waals surface area contributed by atoms with Gasteiger partial charge in [-0.25, -0.2) is 0 Å². The fraction of sp³-hybridized carbons (Fsp3) is 0.333. The molecule has 0 saturated heterocycles. The summed E-state index contributed by atoms with van der Waals surface area (Å²) in [5.74, 6) is 0.323. The number of methoxy groups -OCH3 is 2. The number of aryl methyl sites for hydroxylation is 1. The fourth-order valence-electron chi connectivity index (χ4n) is 3.22. The predicted octanol–water partition coefficient (Wildman–Crippen LogP) is 3.74. The lowest BCUT2D eigenvalue weighted by Gasteiger charge is -2.27. The molecule has 0 aliphatic carbocycles. The number of amides is 2. The lowest BCUT2D eigenvalue weighted by atomic mass is 10.0. The van der Waals surface area contributed by atoms with Gasteiger partial charge in [-0.1, -0.05) is 43.7 Å². The summed E-state index contributed by atoms with van der Waals surface area (Å²) >= 11 is 0. The molecule has 1 atom stereocenters. The van der Waals surface area contributed by atoms with Crippen LogP contribution < -0.4 is 15.2 Å². The predicted molar refractivity (Wildman–Crippen MR) is 118 cm³/mol. The highest BCUT2D eigenvalue weighted by molar-refractivity contribution is 5.94. The molecule has 2 rings (SSSR count). The van der Waals surface area contributed by atoms with Crippen LogP contribution in [0.15, 0.2) is 48.5 Å². The number of nitrogens with zero attached hydrogens (tertiary/aromatic N) is 1. The Morgan fingerprint density at radius 1 is 1.07 bits per heavy atom. The van der Waals surface area contributed by atoms with E-state index in [-0.39, 0.29) is 18.5 Å². The zero-order valence-electron chi connectivity index (χ0n) is 18.1. The van der Waals surface area contributed by atoms with Gasteiger partial charge in [0.15, 0.2) is 11.5 Å². The van der Waals surface area contributed by atoms with E-state index in [1.54, 1.807) is 32.4 Å². The zero-order chi connectivity index (χ0) is 22.1. The van der Waals surface area contributed by atoms with Crippen LogP contribution in [0.25, 0.3) is 6.08 Å². The van der Waals surface area contributed by atoms with Crippen molar-refractivity contribution in [2.75, 3.05) is 20.8 Å². The minimum Gasteiger partial charge on any atom is -0.493 e. The van der Waals surface area contributed by atoms with Crippen LogP contribution in [0.5, 0.6) is 11.5 Å². The van der Waals surface area contributed by atoms with Crippen LogP contribution in [-0.4, -0.2) is 37.5 Å². The van der Waals surface area contributed by atoms with Crippen molar-refractivity contribution < 1.29 is 19.1 Å². The van der Waals surface area contributed by atoms with Crippen LogP contribution in [0, 0.1) is 0 Å². The maximum atomic E-state index is 12.9. The van der Waals surface area contributed by atoms with E-state index in [4.69, 9.17) is 15.2 Å². The zero-order valence-corrected chi connectivity index (χ0v) is 18.1. The fourth-order valence-corrected chi connectivity index (χ4v) is 3.22. The quantitative estimate of drug-likeness (QED) is 0.605. The van der Waals surface area contributed by atoms with Crippen molar-refractivity contribution in [3.05, 3.63) is 65.2 Å². The number of ether oxygens (including phenoxy) is 2. The molecule has 160 valence electrons. The summed E-state index contributed by atoms with van der Waals surface area (Å²) in [7, 11) is 3.12. The van der Waals surface area contributed by atoms with Crippen molar-refractivity contribution >= 4 is 17.9 Å². The van der Waals surface area contributed by atoms with Crippen LogP contribution in [0.1, 0.15) is 43.0 Å². The van der Waals surface area contributed by atoms with Crippen molar-refractivity contribution in [1.82, 2.24) is 4.90 Å². The maximum absolute atomic E-state index is 12.9. The average Bonchev–Trinajstić information content (AvgIpc) is 2.75. The Labute approximate surface area is 178 Å². The van der Waals surface area contributed by atoms with Gasteiger partial charge in [-0.05, 0) is 48.2 Å². The van der Waals surface area contributed by atoms with Gasteiger partial charge < -0.3 is 20.1 Å². The Morgan fingerprint density at radius 2 is 1.73 bits per heavy atom. The molecule has 30 heavy (non-hydrogen) atoms. The van der Waals surface area contributed by atoms with Gasteiger partial charge in [0.05, 0.1) is 20.3 Å². The van der Waals surface area contributed by atoms with E-state index in [1.165, 1.54) is 16.5 Å². The molecule has 0 aliphatic heterocycles. The number of carbonyl (C=O) groups is 2. The summed E-state index contributed by atoms with van der Waals surface area (Å²) in [6.45, 7) is 3.86. The smallest absolute Gasteiger partial charge is 0.247 e. The first kappa shape index (κ1) is 23.0. The van der Waals surface area contributed by atoms with Crippen LogP contribution in [-0.2, 0) is 16.0 Å². The first-order valence-electron chi connectivity index (χ1n) is 9.97. The molecule has 0 bridgehead atoms. The lowest BCUT2D eigenvalue weighted by Crippen LogP contribution is -2.39. The molecule has 2 aromatic carbocycles. The molecule has 0 radical (unpaired) electrons. The second-order valence-electron chi connectivity index (χ2n) is 7.05. The van der Waals surface area contributed by atoms with Crippen LogP contribution in [0.2, 0.25) is 0 Å². The molecule has 2 N–H and O–H groups in total. The van der Waals surface area contributed by atoms with E-state index in [0.29, 0.717) is 11.5 Å². The van der Waals surface area contributed by atoms with E-state index >= 15 is 0 Å². The topological polar surface area (TPSA) is 81.9 Å². The van der Waals surface area contributed by atoms with Gasteiger partial charge in [0, 0.05) is 6.08 Å². The van der Waals surface area contributed by atoms with Gasteiger partial charge in [0.25, 0.3) is 0 Å². The highest BCUT2D eigenvalue weighted by atomic mass is 16.5. The molecule has 0 aliphatic rings. The summed E-state index contributed by atoms with van der Waals surface area (Å²) < 4.78 is 10.5. The van der Waals surface area contributed by atoms with Crippen molar-refractivity contribution in [2.45, 2.75) is 32.7 Å². The molecule has 2 aromatic rings. The Bertz CT molecular complexity index is 891. The number of rotatable bonds is 10. The minimum absolute atomic E-state index is 0.160. The summed E-state index contributed by atoms with van der Waals surface area (Å²) in [5.41, 5.74) is 8.37. The Kier molecular flexibility index (Phi) is 8.47. The SMILES string of the molecule is CCCc1ccc([C@@H](C)N(CC(N)=O)C(=O)/C=C\c2ccc(OC)c(OC)c2)cc1. The number of hydrogen-bond donors (Lipinski definition) is 1. The third kappa shape index (κ3) is 6.11. The summed E-state index contributed by atoms with van der Waals surface area (Å²) in [5, 5.41) is 0. The highest BCUT2D eigenvalue weighted by Crippen LogP contribution is 2.28. The summed E-state index contributed by atoms with van der Waals surface area (Å²) in [6.07, 6.45) is 5.19. The van der Waals surface area contributed by atoms with Gasteiger partial charge in [-0.15, -0.1) is 0 Å². The molecule has 0 spiro atoms. The Hall–Kier alpha value is -3.28. The van der Waals surface area contributed by atoms with Crippen molar-refractivity contribution in [1.29, 1.82) is 0 Å². The van der Waals surface area contributed by atoms with E-state index < -0.39 is 5.91 Å². The van der Waals surface area contributed by atoms with Gasteiger partial charge in [-0.2, -0.15) is 0 Å². The first-order chi connectivity index (χ1) is 14.4. The lowest BCUT2D eigenvalue weighted by molar-refractivity contribution is -0.133. The monoisotopic (exact) mass is 410 g/mol. The molecule has 0 saturated carbocycles. The summed E-state index contributed by atoms with van der Waals surface area (Å²) in [6, 6.07) is 13.2. The molecule has 0 fully saturated rings. The molecule has 0 aromatic heterocycles. The van der Waals surface area contributed by atoms with E-state index in [0.717, 1.165) is 24.0 Å². The molecule has 6 nitrogen and oxygen atoms in total.